The molecule has 0 bridgehead atoms. The summed E-state index contributed by atoms with van der Waals surface area (Å²) < 4.78 is 5.49. The molecule has 1 saturated heterocycles. The molecule has 2 amide bonds. The minimum Gasteiger partial charge on any atom is -0.365 e. The second-order valence-corrected chi connectivity index (χ2v) is 9.65. The van der Waals surface area contributed by atoms with Crippen LogP contribution >= 0.6 is 11.3 Å². The Kier molecular flexibility index (Phi) is 6.19. The fraction of sp³-hybridized carbons (Fsp3) is 0.435. The van der Waals surface area contributed by atoms with E-state index in [0.29, 0.717) is 28.0 Å². The zero-order valence-corrected chi connectivity index (χ0v) is 19.1. The molecule has 172 valence electrons. The number of pyridine rings is 1. The molecule has 3 aromatic rings. The van der Waals surface area contributed by atoms with Crippen molar-refractivity contribution >= 4 is 28.2 Å². The highest BCUT2D eigenvalue weighted by molar-refractivity contribution is 7.17. The van der Waals surface area contributed by atoms with E-state index in [1.165, 1.54) is 16.2 Å². The lowest BCUT2D eigenvalue weighted by Gasteiger charge is -2.29. The summed E-state index contributed by atoms with van der Waals surface area (Å²) in [5.41, 5.74) is 7.85. The van der Waals surface area contributed by atoms with Crippen LogP contribution in [0.25, 0.3) is 11.5 Å². The van der Waals surface area contributed by atoms with Crippen molar-refractivity contribution in [2.24, 2.45) is 5.73 Å². The maximum Gasteiger partial charge on any atom is 0.251 e. The highest BCUT2D eigenvalue weighted by Gasteiger charge is 2.28. The smallest absolute Gasteiger partial charge is 0.251 e. The zero-order chi connectivity index (χ0) is 22.8. The van der Waals surface area contributed by atoms with Gasteiger partial charge < -0.3 is 15.6 Å². The van der Waals surface area contributed by atoms with E-state index in [-0.39, 0.29) is 18.4 Å². The van der Waals surface area contributed by atoms with Crippen molar-refractivity contribution in [3.8, 4) is 11.5 Å². The van der Waals surface area contributed by atoms with E-state index in [0.717, 1.165) is 57.2 Å². The van der Waals surface area contributed by atoms with Crippen LogP contribution in [-0.4, -0.2) is 51.5 Å². The lowest BCUT2D eigenvalue weighted by atomic mass is 9.95. The SMILES string of the molecule is NC(=O)c1c(NC(=O)CN2CCC(c3nc(-c4ccccn4)no3)CC2)sc2c1CCCC2. The summed E-state index contributed by atoms with van der Waals surface area (Å²) in [7, 11) is 0. The second kappa shape index (κ2) is 9.40. The Bertz CT molecular complexity index is 1150. The Morgan fingerprint density at radius 2 is 2.03 bits per heavy atom. The summed E-state index contributed by atoms with van der Waals surface area (Å²) >= 11 is 1.49. The molecule has 0 aromatic carbocycles. The third kappa shape index (κ3) is 4.67. The number of thiophene rings is 1. The summed E-state index contributed by atoms with van der Waals surface area (Å²) in [6, 6.07) is 5.58. The topological polar surface area (TPSA) is 127 Å². The van der Waals surface area contributed by atoms with E-state index in [1.807, 2.05) is 18.2 Å². The van der Waals surface area contributed by atoms with Gasteiger partial charge in [-0.3, -0.25) is 19.5 Å². The summed E-state index contributed by atoms with van der Waals surface area (Å²) in [5.74, 6) is 0.700. The van der Waals surface area contributed by atoms with Gasteiger partial charge in [0.25, 0.3) is 5.91 Å². The lowest BCUT2D eigenvalue weighted by Crippen LogP contribution is -2.38. The molecule has 0 radical (unpaired) electrons. The number of amides is 2. The molecule has 0 atom stereocenters. The number of nitrogens with two attached hydrogens (primary N) is 1. The third-order valence-electron chi connectivity index (χ3n) is 6.31. The number of primary amides is 1. The number of rotatable bonds is 6. The number of likely N-dealkylation sites (tertiary alicyclic amines) is 1. The Morgan fingerprint density at radius 3 is 2.79 bits per heavy atom. The number of nitrogens with one attached hydrogen (secondary N) is 1. The van der Waals surface area contributed by atoms with Crippen molar-refractivity contribution in [1.82, 2.24) is 20.0 Å². The van der Waals surface area contributed by atoms with Gasteiger partial charge in [0, 0.05) is 17.0 Å². The third-order valence-corrected chi connectivity index (χ3v) is 7.52. The lowest BCUT2D eigenvalue weighted by molar-refractivity contribution is -0.117. The molecule has 4 heterocycles. The van der Waals surface area contributed by atoms with E-state index in [4.69, 9.17) is 10.3 Å². The summed E-state index contributed by atoms with van der Waals surface area (Å²) in [6.07, 6.45) is 7.32. The molecule has 0 saturated carbocycles. The van der Waals surface area contributed by atoms with Crippen molar-refractivity contribution in [3.63, 3.8) is 0 Å². The molecule has 1 fully saturated rings. The monoisotopic (exact) mass is 466 g/mol. The second-order valence-electron chi connectivity index (χ2n) is 8.55. The first-order chi connectivity index (χ1) is 16.1. The van der Waals surface area contributed by atoms with Gasteiger partial charge in [-0.25, -0.2) is 0 Å². The molecular formula is C23H26N6O3S. The number of nitrogens with zero attached hydrogens (tertiary/aromatic N) is 4. The first-order valence-electron chi connectivity index (χ1n) is 11.3. The van der Waals surface area contributed by atoms with Crippen LogP contribution in [0.5, 0.6) is 0 Å². The van der Waals surface area contributed by atoms with E-state index in [1.54, 1.807) is 6.20 Å². The van der Waals surface area contributed by atoms with Gasteiger partial charge in [0.15, 0.2) is 0 Å². The Balaban J connectivity index is 1.17. The molecule has 3 aromatic heterocycles. The number of piperidine rings is 1. The average molecular weight is 467 g/mol. The fourth-order valence-corrected chi connectivity index (χ4v) is 5.93. The summed E-state index contributed by atoms with van der Waals surface area (Å²) in [5, 5.41) is 7.61. The number of hydrogen-bond donors (Lipinski definition) is 2. The Morgan fingerprint density at radius 1 is 1.21 bits per heavy atom. The number of hydrogen-bond acceptors (Lipinski definition) is 8. The zero-order valence-electron chi connectivity index (χ0n) is 18.2. The number of fused-ring (bicyclic) bond motifs is 1. The number of carbonyl (C=O) groups excluding carboxylic acids is 2. The molecule has 0 spiro atoms. The van der Waals surface area contributed by atoms with E-state index >= 15 is 0 Å². The minimum atomic E-state index is -0.463. The molecule has 33 heavy (non-hydrogen) atoms. The summed E-state index contributed by atoms with van der Waals surface area (Å²) in [4.78, 5) is 36.8. The average Bonchev–Trinajstić information content (AvgIpc) is 3.45. The van der Waals surface area contributed by atoms with E-state index in [2.05, 4.69) is 25.3 Å². The fourth-order valence-electron chi connectivity index (χ4n) is 4.62. The van der Waals surface area contributed by atoms with Gasteiger partial charge >= 0.3 is 0 Å². The van der Waals surface area contributed by atoms with Crippen LogP contribution in [0.3, 0.4) is 0 Å². The molecule has 1 aliphatic carbocycles. The van der Waals surface area contributed by atoms with Gasteiger partial charge in [-0.2, -0.15) is 4.98 Å². The molecule has 9 nitrogen and oxygen atoms in total. The highest BCUT2D eigenvalue weighted by atomic mass is 32.1. The van der Waals surface area contributed by atoms with Crippen LogP contribution in [0.2, 0.25) is 0 Å². The quantitative estimate of drug-likeness (QED) is 0.572. The molecule has 3 N–H and O–H groups in total. The van der Waals surface area contributed by atoms with Gasteiger partial charge in [0.05, 0.1) is 12.1 Å². The van der Waals surface area contributed by atoms with Crippen molar-refractivity contribution in [3.05, 3.63) is 46.3 Å². The highest BCUT2D eigenvalue weighted by Crippen LogP contribution is 2.38. The van der Waals surface area contributed by atoms with Crippen LogP contribution in [0.4, 0.5) is 5.00 Å². The van der Waals surface area contributed by atoms with Crippen molar-refractivity contribution in [1.29, 1.82) is 0 Å². The summed E-state index contributed by atoms with van der Waals surface area (Å²) in [6.45, 7) is 1.78. The van der Waals surface area contributed by atoms with Gasteiger partial charge in [0.2, 0.25) is 17.6 Å². The van der Waals surface area contributed by atoms with E-state index in [9.17, 15) is 9.59 Å². The normalized spacial score (nSPS) is 17.0. The van der Waals surface area contributed by atoms with Crippen LogP contribution in [0, 0.1) is 0 Å². The largest absolute Gasteiger partial charge is 0.365 e. The van der Waals surface area contributed by atoms with Gasteiger partial charge in [-0.1, -0.05) is 11.2 Å². The van der Waals surface area contributed by atoms with Crippen LogP contribution in [0.1, 0.15) is 58.3 Å². The number of aromatic nitrogens is 3. The number of aryl methyl sites for hydroxylation is 1. The molecular weight excluding hydrogens is 440 g/mol. The van der Waals surface area contributed by atoms with Gasteiger partial charge in [-0.15, -0.1) is 11.3 Å². The van der Waals surface area contributed by atoms with Gasteiger partial charge in [-0.05, 0) is 69.3 Å². The van der Waals surface area contributed by atoms with Crippen LogP contribution < -0.4 is 11.1 Å². The van der Waals surface area contributed by atoms with Crippen molar-refractivity contribution in [2.45, 2.75) is 44.4 Å². The predicted octanol–water partition coefficient (Wildman–Crippen LogP) is 2.99. The van der Waals surface area contributed by atoms with Gasteiger partial charge in [0.1, 0.15) is 10.7 Å². The van der Waals surface area contributed by atoms with Crippen molar-refractivity contribution < 1.29 is 14.1 Å². The maximum atomic E-state index is 12.7. The first-order valence-corrected chi connectivity index (χ1v) is 12.1. The Hall–Kier alpha value is -3.11. The molecule has 2 aliphatic rings. The van der Waals surface area contributed by atoms with Crippen LogP contribution in [0.15, 0.2) is 28.9 Å². The standard InChI is InChI=1S/C23H26N6O3S/c24-20(31)19-15-5-1-2-7-17(15)33-23(19)26-18(30)13-29-11-8-14(9-12-29)22-27-21(28-32-22)16-6-3-4-10-25-16/h3-4,6,10,14H,1-2,5,7-9,11-13H2,(H2,24,31)(H,26,30). The molecule has 5 rings (SSSR count). The predicted molar refractivity (Wildman–Crippen MR) is 124 cm³/mol. The minimum absolute atomic E-state index is 0.121. The molecule has 0 unspecified atom stereocenters. The Labute approximate surface area is 195 Å². The maximum absolute atomic E-state index is 12.7. The van der Waals surface area contributed by atoms with Crippen LogP contribution in [-0.2, 0) is 17.6 Å². The number of carbonyl (C=O) groups is 2. The van der Waals surface area contributed by atoms with E-state index < -0.39 is 5.91 Å². The molecule has 1 aliphatic heterocycles. The molecule has 10 heteroatoms. The van der Waals surface area contributed by atoms with Crippen molar-refractivity contribution in [2.75, 3.05) is 25.0 Å². The first kappa shape index (κ1) is 21.7. The number of anilines is 1.